The fourth-order valence-corrected chi connectivity index (χ4v) is 4.27. The van der Waals surface area contributed by atoms with Crippen molar-refractivity contribution in [1.82, 2.24) is 5.43 Å². The second-order valence-electron chi connectivity index (χ2n) is 6.12. The van der Waals surface area contributed by atoms with Gasteiger partial charge in [-0.2, -0.15) is 5.10 Å². The summed E-state index contributed by atoms with van der Waals surface area (Å²) in [5.74, 6) is 0.0149. The molecule has 3 nitrogen and oxygen atoms in total. The van der Waals surface area contributed by atoms with Crippen LogP contribution in [0.1, 0.15) is 21.5 Å². The average molecular weight is 358 g/mol. The van der Waals surface area contributed by atoms with Crippen molar-refractivity contribution in [3.63, 3.8) is 0 Å². The van der Waals surface area contributed by atoms with Crippen LogP contribution in [0.3, 0.4) is 0 Å². The normalized spacial score (nSPS) is 18.8. The number of carbonyl (C=O) groups is 1. The standard InChI is InChI=1S/C22H18N2OS/c25-21(18-12-6-2-7-13-18)22(19-14-8-3-9-15-19)24-23-20(26-22)16-17-10-4-1-5-11-17/h1-15,24H,16H2. The lowest BCUT2D eigenvalue weighted by Crippen LogP contribution is -2.41. The van der Waals surface area contributed by atoms with Gasteiger partial charge in [-0.3, -0.25) is 10.2 Å². The van der Waals surface area contributed by atoms with Gasteiger partial charge < -0.3 is 0 Å². The Labute approximate surface area is 157 Å². The highest BCUT2D eigenvalue weighted by Gasteiger charge is 2.46. The summed E-state index contributed by atoms with van der Waals surface area (Å²) in [5, 5.41) is 5.42. The van der Waals surface area contributed by atoms with Gasteiger partial charge in [-0.1, -0.05) is 103 Å². The zero-order valence-corrected chi connectivity index (χ0v) is 14.9. The molecule has 1 aliphatic heterocycles. The predicted octanol–water partition coefficient (Wildman–Crippen LogP) is 4.61. The molecule has 1 N–H and O–H groups in total. The molecule has 0 radical (unpaired) electrons. The van der Waals surface area contributed by atoms with Crippen molar-refractivity contribution in [2.75, 3.05) is 0 Å². The smallest absolute Gasteiger partial charge is 0.205 e. The molecule has 1 unspecified atom stereocenters. The van der Waals surface area contributed by atoms with E-state index in [1.54, 1.807) is 0 Å². The van der Waals surface area contributed by atoms with E-state index in [2.05, 4.69) is 22.7 Å². The molecule has 0 bridgehead atoms. The Morgan fingerprint density at radius 3 is 2.08 bits per heavy atom. The summed E-state index contributed by atoms with van der Waals surface area (Å²) in [7, 11) is 0. The third-order valence-corrected chi connectivity index (χ3v) is 5.63. The van der Waals surface area contributed by atoms with Crippen LogP contribution in [-0.4, -0.2) is 10.8 Å². The van der Waals surface area contributed by atoms with E-state index < -0.39 is 4.87 Å². The number of hydrazone groups is 1. The van der Waals surface area contributed by atoms with Crippen molar-refractivity contribution in [2.24, 2.45) is 5.10 Å². The van der Waals surface area contributed by atoms with Gasteiger partial charge in [0, 0.05) is 12.0 Å². The topological polar surface area (TPSA) is 41.5 Å². The van der Waals surface area contributed by atoms with Crippen molar-refractivity contribution in [3.8, 4) is 0 Å². The van der Waals surface area contributed by atoms with Crippen molar-refractivity contribution >= 4 is 22.6 Å². The fourth-order valence-electron chi connectivity index (χ4n) is 3.03. The van der Waals surface area contributed by atoms with Crippen LogP contribution in [-0.2, 0) is 11.3 Å². The number of carbonyl (C=O) groups excluding carboxylic acids is 1. The van der Waals surface area contributed by atoms with Crippen LogP contribution < -0.4 is 5.43 Å². The van der Waals surface area contributed by atoms with E-state index in [1.165, 1.54) is 17.3 Å². The van der Waals surface area contributed by atoms with E-state index >= 15 is 0 Å². The van der Waals surface area contributed by atoms with Crippen LogP contribution in [0, 0.1) is 0 Å². The minimum atomic E-state index is -0.924. The Hall–Kier alpha value is -2.85. The van der Waals surface area contributed by atoms with Crippen LogP contribution in [0.25, 0.3) is 0 Å². The quantitative estimate of drug-likeness (QED) is 0.677. The molecule has 0 aliphatic carbocycles. The number of hydrogen-bond donors (Lipinski definition) is 1. The van der Waals surface area contributed by atoms with Crippen molar-refractivity contribution in [1.29, 1.82) is 0 Å². The number of hydrogen-bond acceptors (Lipinski definition) is 4. The summed E-state index contributed by atoms with van der Waals surface area (Å²) >= 11 is 1.50. The first-order valence-electron chi connectivity index (χ1n) is 8.50. The van der Waals surface area contributed by atoms with Gasteiger partial charge in [0.1, 0.15) is 5.04 Å². The molecule has 4 heteroatoms. The zero-order chi connectivity index (χ0) is 17.8. The molecule has 1 aliphatic rings. The minimum absolute atomic E-state index is 0.0149. The minimum Gasteiger partial charge on any atom is -0.290 e. The molecular formula is C22H18N2OS. The fraction of sp³-hybridized carbons (Fsp3) is 0.0909. The Morgan fingerprint density at radius 2 is 1.42 bits per heavy atom. The largest absolute Gasteiger partial charge is 0.290 e. The molecule has 0 saturated heterocycles. The summed E-state index contributed by atoms with van der Waals surface area (Å²) in [6, 6.07) is 29.4. The molecule has 1 atom stereocenters. The lowest BCUT2D eigenvalue weighted by atomic mass is 9.97. The molecular weight excluding hydrogens is 340 g/mol. The summed E-state index contributed by atoms with van der Waals surface area (Å²) in [6.45, 7) is 0. The van der Waals surface area contributed by atoms with Crippen molar-refractivity contribution < 1.29 is 4.79 Å². The lowest BCUT2D eigenvalue weighted by molar-refractivity contribution is 0.0925. The van der Waals surface area contributed by atoms with Gasteiger partial charge in [0.25, 0.3) is 0 Å². The SMILES string of the molecule is O=C(c1ccccc1)C1(c2ccccc2)NN=C(Cc2ccccc2)S1. The van der Waals surface area contributed by atoms with Gasteiger partial charge in [0.15, 0.2) is 4.87 Å². The summed E-state index contributed by atoms with van der Waals surface area (Å²) in [5.41, 5.74) is 5.92. The third-order valence-electron chi connectivity index (χ3n) is 4.34. The highest BCUT2D eigenvalue weighted by atomic mass is 32.2. The second kappa shape index (κ2) is 7.18. The number of benzene rings is 3. The number of nitrogens with zero attached hydrogens (tertiary/aromatic N) is 1. The van der Waals surface area contributed by atoms with Gasteiger partial charge in [-0.05, 0) is 11.1 Å². The van der Waals surface area contributed by atoms with E-state index in [-0.39, 0.29) is 5.78 Å². The highest BCUT2D eigenvalue weighted by Crippen LogP contribution is 2.42. The first kappa shape index (κ1) is 16.6. The van der Waals surface area contributed by atoms with E-state index in [0.29, 0.717) is 12.0 Å². The van der Waals surface area contributed by atoms with E-state index in [9.17, 15) is 4.79 Å². The van der Waals surface area contributed by atoms with Crippen LogP contribution in [0.15, 0.2) is 96.1 Å². The molecule has 128 valence electrons. The number of nitrogens with one attached hydrogen (secondary N) is 1. The number of thioether (sulfide) groups is 1. The van der Waals surface area contributed by atoms with Crippen molar-refractivity contribution in [3.05, 3.63) is 108 Å². The molecule has 0 aromatic heterocycles. The summed E-state index contributed by atoms with van der Waals surface area (Å²) in [6.07, 6.45) is 0.704. The lowest BCUT2D eigenvalue weighted by Gasteiger charge is -2.27. The van der Waals surface area contributed by atoms with Gasteiger partial charge >= 0.3 is 0 Å². The Kier molecular flexibility index (Phi) is 4.59. The average Bonchev–Trinajstić information content (AvgIpc) is 3.14. The molecule has 3 aromatic rings. The zero-order valence-electron chi connectivity index (χ0n) is 14.1. The first-order chi connectivity index (χ1) is 12.8. The molecule has 0 fully saturated rings. The Balaban J connectivity index is 1.67. The third kappa shape index (κ3) is 3.16. The number of Topliss-reactive ketones (excluding diaryl/α,β-unsaturated/α-hetero) is 1. The molecule has 4 rings (SSSR count). The van der Waals surface area contributed by atoms with Gasteiger partial charge in [-0.15, -0.1) is 0 Å². The summed E-state index contributed by atoms with van der Waals surface area (Å²) < 4.78 is 0. The Morgan fingerprint density at radius 1 is 0.846 bits per heavy atom. The molecule has 1 heterocycles. The van der Waals surface area contributed by atoms with Crippen LogP contribution in [0.4, 0.5) is 0 Å². The van der Waals surface area contributed by atoms with Crippen LogP contribution >= 0.6 is 11.8 Å². The first-order valence-corrected chi connectivity index (χ1v) is 9.32. The van der Waals surface area contributed by atoms with Gasteiger partial charge in [0.2, 0.25) is 5.78 Å². The van der Waals surface area contributed by atoms with E-state index in [0.717, 1.165) is 10.6 Å². The predicted molar refractivity (Wildman–Crippen MR) is 107 cm³/mol. The molecule has 0 amide bonds. The maximum atomic E-state index is 13.4. The van der Waals surface area contributed by atoms with E-state index in [4.69, 9.17) is 0 Å². The molecule has 0 saturated carbocycles. The van der Waals surface area contributed by atoms with Crippen LogP contribution in [0.2, 0.25) is 0 Å². The molecule has 26 heavy (non-hydrogen) atoms. The van der Waals surface area contributed by atoms with Crippen LogP contribution in [0.5, 0.6) is 0 Å². The van der Waals surface area contributed by atoms with E-state index in [1.807, 2.05) is 78.9 Å². The van der Waals surface area contributed by atoms with Gasteiger partial charge in [0.05, 0.1) is 0 Å². The second-order valence-corrected chi connectivity index (χ2v) is 7.41. The number of rotatable bonds is 5. The monoisotopic (exact) mass is 358 g/mol. The highest BCUT2D eigenvalue weighted by molar-refractivity contribution is 8.15. The summed E-state index contributed by atoms with van der Waals surface area (Å²) in [4.78, 5) is 12.5. The molecule has 0 spiro atoms. The van der Waals surface area contributed by atoms with Crippen molar-refractivity contribution in [2.45, 2.75) is 11.3 Å². The van der Waals surface area contributed by atoms with Gasteiger partial charge in [-0.25, -0.2) is 0 Å². The Bertz CT molecular complexity index is 926. The maximum absolute atomic E-state index is 13.4. The number of ketones is 1. The maximum Gasteiger partial charge on any atom is 0.205 e. The molecule has 3 aromatic carbocycles.